The Hall–Kier alpha value is -2.19. The number of likely N-dealkylation sites (N-methyl/N-ethyl adjacent to an activating group) is 1. The second-order valence-corrected chi connectivity index (χ2v) is 10.3. The molecule has 1 aliphatic heterocycles. The molecule has 1 saturated heterocycles. The SMILES string of the molecule is CN1CCN(S(=O)(=O)c2ccc(SCc3ccc(-c4ccccc4)cc3)nc2)CC1. The first-order valence-corrected chi connectivity index (χ1v) is 12.4. The molecule has 2 heterocycles. The molecule has 7 heteroatoms. The summed E-state index contributed by atoms with van der Waals surface area (Å²) < 4.78 is 27.1. The van der Waals surface area contributed by atoms with Crippen LogP contribution in [0.3, 0.4) is 0 Å². The molecule has 0 saturated carbocycles. The van der Waals surface area contributed by atoms with Gasteiger partial charge < -0.3 is 4.90 Å². The maximum absolute atomic E-state index is 12.8. The van der Waals surface area contributed by atoms with E-state index in [-0.39, 0.29) is 4.90 Å². The number of sulfonamides is 1. The van der Waals surface area contributed by atoms with Crippen LogP contribution in [0.4, 0.5) is 0 Å². The molecule has 0 unspecified atom stereocenters. The second kappa shape index (κ2) is 9.31. The molecule has 1 aromatic heterocycles. The van der Waals surface area contributed by atoms with Gasteiger partial charge in [-0.05, 0) is 35.9 Å². The molecule has 0 atom stereocenters. The first-order valence-electron chi connectivity index (χ1n) is 9.94. The monoisotopic (exact) mass is 439 g/mol. The molecule has 0 amide bonds. The summed E-state index contributed by atoms with van der Waals surface area (Å²) in [5.74, 6) is 0.784. The van der Waals surface area contributed by atoms with Crippen LogP contribution in [0.5, 0.6) is 0 Å². The van der Waals surface area contributed by atoms with Crippen molar-refractivity contribution in [3.8, 4) is 11.1 Å². The zero-order valence-corrected chi connectivity index (χ0v) is 18.6. The summed E-state index contributed by atoms with van der Waals surface area (Å²) in [5.41, 5.74) is 3.60. The summed E-state index contributed by atoms with van der Waals surface area (Å²) in [7, 11) is -1.46. The van der Waals surface area contributed by atoms with Gasteiger partial charge in [-0.3, -0.25) is 0 Å². The quantitative estimate of drug-likeness (QED) is 0.544. The lowest BCUT2D eigenvalue weighted by atomic mass is 10.0. The molecule has 0 radical (unpaired) electrons. The molecule has 1 fully saturated rings. The van der Waals surface area contributed by atoms with E-state index in [4.69, 9.17) is 0 Å². The van der Waals surface area contributed by atoms with E-state index in [2.05, 4.69) is 46.3 Å². The molecule has 4 rings (SSSR count). The molecular formula is C23H25N3O2S2. The lowest BCUT2D eigenvalue weighted by Crippen LogP contribution is -2.47. The molecule has 0 bridgehead atoms. The average molecular weight is 440 g/mol. The highest BCUT2D eigenvalue weighted by molar-refractivity contribution is 7.98. The molecule has 2 aromatic carbocycles. The molecule has 0 aliphatic carbocycles. The van der Waals surface area contributed by atoms with Gasteiger partial charge in [0.25, 0.3) is 0 Å². The van der Waals surface area contributed by atoms with Gasteiger partial charge in [0.15, 0.2) is 0 Å². The number of hydrogen-bond donors (Lipinski definition) is 0. The zero-order valence-electron chi connectivity index (χ0n) is 16.9. The lowest BCUT2D eigenvalue weighted by molar-refractivity contribution is 0.222. The number of pyridine rings is 1. The Kier molecular flexibility index (Phi) is 6.53. The molecule has 30 heavy (non-hydrogen) atoms. The number of benzene rings is 2. The average Bonchev–Trinajstić information content (AvgIpc) is 2.79. The predicted molar refractivity (Wildman–Crippen MR) is 122 cm³/mol. The van der Waals surface area contributed by atoms with E-state index in [1.54, 1.807) is 28.2 Å². The van der Waals surface area contributed by atoms with Crippen molar-refractivity contribution in [3.63, 3.8) is 0 Å². The van der Waals surface area contributed by atoms with Crippen molar-refractivity contribution < 1.29 is 8.42 Å². The van der Waals surface area contributed by atoms with E-state index in [0.717, 1.165) is 23.9 Å². The summed E-state index contributed by atoms with van der Waals surface area (Å²) in [6.45, 7) is 2.55. The Morgan fingerprint density at radius 2 is 1.53 bits per heavy atom. The van der Waals surface area contributed by atoms with Crippen molar-refractivity contribution in [1.82, 2.24) is 14.2 Å². The van der Waals surface area contributed by atoms with Crippen LogP contribution in [0.15, 0.2) is 82.8 Å². The number of nitrogens with zero attached hydrogens (tertiary/aromatic N) is 3. The first kappa shape index (κ1) is 21.1. The summed E-state index contributed by atoms with van der Waals surface area (Å²) in [6.07, 6.45) is 1.48. The highest BCUT2D eigenvalue weighted by Crippen LogP contribution is 2.25. The van der Waals surface area contributed by atoms with Crippen LogP contribution in [-0.4, -0.2) is 55.8 Å². The molecule has 1 aliphatic rings. The Morgan fingerprint density at radius 3 is 2.17 bits per heavy atom. The molecule has 0 spiro atoms. The van der Waals surface area contributed by atoms with E-state index in [1.165, 1.54) is 22.9 Å². The summed E-state index contributed by atoms with van der Waals surface area (Å²) in [5, 5.41) is 0.819. The van der Waals surface area contributed by atoms with Crippen molar-refractivity contribution in [2.24, 2.45) is 0 Å². The van der Waals surface area contributed by atoms with Crippen molar-refractivity contribution >= 4 is 21.8 Å². The first-order chi connectivity index (χ1) is 14.5. The fourth-order valence-corrected chi connectivity index (χ4v) is 5.53. The van der Waals surface area contributed by atoms with Crippen molar-refractivity contribution in [1.29, 1.82) is 0 Å². The Balaban J connectivity index is 1.37. The number of aromatic nitrogens is 1. The van der Waals surface area contributed by atoms with E-state index in [0.29, 0.717) is 13.1 Å². The lowest BCUT2D eigenvalue weighted by Gasteiger charge is -2.31. The van der Waals surface area contributed by atoms with Gasteiger partial charge in [-0.1, -0.05) is 54.6 Å². The van der Waals surface area contributed by atoms with Gasteiger partial charge in [0.2, 0.25) is 10.0 Å². The fourth-order valence-electron chi connectivity index (χ4n) is 3.36. The Bertz CT molecular complexity index is 1060. The van der Waals surface area contributed by atoms with Crippen LogP contribution in [0, 0.1) is 0 Å². The molecule has 3 aromatic rings. The summed E-state index contributed by atoms with van der Waals surface area (Å²) in [6, 6.07) is 22.3. The maximum Gasteiger partial charge on any atom is 0.244 e. The molecule has 156 valence electrons. The van der Waals surface area contributed by atoms with Crippen molar-refractivity contribution in [3.05, 3.63) is 78.5 Å². The van der Waals surface area contributed by atoms with Crippen LogP contribution in [-0.2, 0) is 15.8 Å². The van der Waals surface area contributed by atoms with E-state index >= 15 is 0 Å². The Morgan fingerprint density at radius 1 is 0.867 bits per heavy atom. The zero-order chi connectivity index (χ0) is 21.0. The molecular weight excluding hydrogens is 414 g/mol. The van der Waals surface area contributed by atoms with Crippen LogP contribution in [0.2, 0.25) is 0 Å². The van der Waals surface area contributed by atoms with E-state index in [9.17, 15) is 8.42 Å². The minimum absolute atomic E-state index is 0.267. The van der Waals surface area contributed by atoms with Crippen LogP contribution < -0.4 is 0 Å². The molecule has 0 N–H and O–H groups in total. The van der Waals surface area contributed by atoms with Gasteiger partial charge in [0.1, 0.15) is 4.90 Å². The van der Waals surface area contributed by atoms with Gasteiger partial charge in [-0.15, -0.1) is 11.8 Å². The maximum atomic E-state index is 12.8. The molecule has 5 nitrogen and oxygen atoms in total. The minimum Gasteiger partial charge on any atom is -0.304 e. The van der Waals surface area contributed by atoms with E-state index in [1.807, 2.05) is 25.2 Å². The van der Waals surface area contributed by atoms with Gasteiger partial charge >= 0.3 is 0 Å². The number of rotatable bonds is 6. The van der Waals surface area contributed by atoms with Gasteiger partial charge in [-0.2, -0.15) is 4.31 Å². The summed E-state index contributed by atoms with van der Waals surface area (Å²) in [4.78, 5) is 6.78. The number of piperazine rings is 1. The van der Waals surface area contributed by atoms with E-state index < -0.39 is 10.0 Å². The Labute approximate surface area is 182 Å². The second-order valence-electron chi connectivity index (χ2n) is 7.39. The topological polar surface area (TPSA) is 53.5 Å². The predicted octanol–water partition coefficient (Wildman–Crippen LogP) is 3.98. The van der Waals surface area contributed by atoms with Crippen LogP contribution >= 0.6 is 11.8 Å². The fraction of sp³-hybridized carbons (Fsp3) is 0.261. The third-order valence-corrected chi connectivity index (χ3v) is 8.15. The van der Waals surface area contributed by atoms with Gasteiger partial charge in [0, 0.05) is 38.1 Å². The van der Waals surface area contributed by atoms with Crippen molar-refractivity contribution in [2.45, 2.75) is 15.7 Å². The minimum atomic E-state index is -3.47. The third-order valence-electron chi connectivity index (χ3n) is 5.26. The normalized spacial score (nSPS) is 15.9. The highest BCUT2D eigenvalue weighted by Gasteiger charge is 2.27. The van der Waals surface area contributed by atoms with Crippen LogP contribution in [0.25, 0.3) is 11.1 Å². The standard InChI is InChI=1S/C23H25N3O2S2/c1-25-13-15-26(16-14-25)30(27,28)22-11-12-23(24-17-22)29-18-19-7-9-21(10-8-19)20-5-3-2-4-6-20/h2-12,17H,13-16,18H2,1H3. The van der Waals surface area contributed by atoms with Crippen LogP contribution in [0.1, 0.15) is 5.56 Å². The smallest absolute Gasteiger partial charge is 0.244 e. The van der Waals surface area contributed by atoms with Crippen molar-refractivity contribution in [2.75, 3.05) is 33.2 Å². The van der Waals surface area contributed by atoms with Gasteiger partial charge in [0.05, 0.1) is 5.03 Å². The highest BCUT2D eigenvalue weighted by atomic mass is 32.2. The number of thioether (sulfide) groups is 1. The largest absolute Gasteiger partial charge is 0.304 e. The third kappa shape index (κ3) is 4.92. The summed E-state index contributed by atoms with van der Waals surface area (Å²) >= 11 is 1.60. The number of hydrogen-bond acceptors (Lipinski definition) is 5. The van der Waals surface area contributed by atoms with Gasteiger partial charge in [-0.25, -0.2) is 13.4 Å².